The monoisotopic (exact) mass is 417 g/mol. The summed E-state index contributed by atoms with van der Waals surface area (Å²) in [6, 6.07) is 15.1. The molecule has 2 aromatic carbocycles. The van der Waals surface area contributed by atoms with Gasteiger partial charge in [0.25, 0.3) is 5.91 Å². The largest absolute Gasteiger partial charge is 0.477 e. The van der Waals surface area contributed by atoms with Gasteiger partial charge < -0.3 is 14.4 Å². The molecule has 1 unspecified atom stereocenters. The van der Waals surface area contributed by atoms with Gasteiger partial charge >= 0.3 is 0 Å². The van der Waals surface area contributed by atoms with Crippen molar-refractivity contribution in [2.75, 3.05) is 18.5 Å². The molecule has 2 N–H and O–H groups in total. The lowest BCUT2D eigenvalue weighted by molar-refractivity contribution is 0.102. The number of nitrogens with zero attached hydrogens (tertiary/aromatic N) is 4. The van der Waals surface area contributed by atoms with E-state index < -0.39 is 6.10 Å². The van der Waals surface area contributed by atoms with Crippen molar-refractivity contribution in [3.63, 3.8) is 0 Å². The molecule has 0 spiro atoms. The number of rotatable bonds is 0. The molecule has 0 fully saturated rings. The molecule has 1 aromatic heterocycles. The fourth-order valence-electron chi connectivity index (χ4n) is 3.82. The van der Waals surface area contributed by atoms with Crippen molar-refractivity contribution >= 4 is 28.8 Å². The number of para-hydroxylation sites is 2. The van der Waals surface area contributed by atoms with Crippen LogP contribution < -0.4 is 5.32 Å². The first-order chi connectivity index (χ1) is 15.2. The molecule has 0 radical (unpaired) electrons. The van der Waals surface area contributed by atoms with Crippen LogP contribution in [0.15, 0.2) is 65.8 Å². The summed E-state index contributed by atoms with van der Waals surface area (Å²) < 4.78 is 7.62. The van der Waals surface area contributed by atoms with Crippen LogP contribution in [0.25, 0.3) is 11.0 Å². The molecule has 2 aliphatic heterocycles. The standard InChI is InChI=1S/C23H23N5O3/c29-18-10-12-31-21-9-4-11-27(26-21)14-16-5-3-6-17(13-16)22(30)25-23-24-19-7-1-2-8-20(19)28(23)15-18/h1-9,13,18,29H,10-12,14-15H2,(H,24,25,30). The number of amides is 1. The molecule has 0 aliphatic carbocycles. The summed E-state index contributed by atoms with van der Waals surface area (Å²) in [5.74, 6) is 0.691. The number of aliphatic hydroxyl groups is 1. The molecule has 0 saturated heterocycles. The Bertz CT molecular complexity index is 1180. The van der Waals surface area contributed by atoms with E-state index in [1.807, 2.05) is 64.2 Å². The number of aromatic nitrogens is 2. The molecule has 0 saturated carbocycles. The second kappa shape index (κ2) is 8.23. The lowest BCUT2D eigenvalue weighted by atomic mass is 10.1. The molecule has 8 nitrogen and oxygen atoms in total. The number of hydrogen-bond donors (Lipinski definition) is 2. The van der Waals surface area contributed by atoms with Gasteiger partial charge in [0.15, 0.2) is 0 Å². The highest BCUT2D eigenvalue weighted by molar-refractivity contribution is 6.04. The third-order valence-corrected chi connectivity index (χ3v) is 5.35. The second-order valence-electron chi connectivity index (χ2n) is 7.67. The zero-order valence-electron chi connectivity index (χ0n) is 16.9. The van der Waals surface area contributed by atoms with E-state index in [1.54, 1.807) is 6.07 Å². The minimum Gasteiger partial charge on any atom is -0.477 e. The van der Waals surface area contributed by atoms with Crippen LogP contribution in [0.2, 0.25) is 0 Å². The van der Waals surface area contributed by atoms with Crippen molar-refractivity contribution in [1.82, 2.24) is 14.6 Å². The summed E-state index contributed by atoms with van der Waals surface area (Å²) in [4.78, 5) is 17.6. The van der Waals surface area contributed by atoms with Crippen LogP contribution in [-0.4, -0.2) is 50.7 Å². The maximum absolute atomic E-state index is 13.0. The average molecular weight is 417 g/mol. The average Bonchev–Trinajstić information content (AvgIpc) is 3.10. The van der Waals surface area contributed by atoms with Gasteiger partial charge in [-0.2, -0.15) is 0 Å². The van der Waals surface area contributed by atoms with Crippen molar-refractivity contribution in [3.05, 3.63) is 71.8 Å². The number of anilines is 1. The molecule has 1 atom stereocenters. The molecule has 158 valence electrons. The maximum Gasteiger partial charge on any atom is 0.257 e. The Labute approximate surface area is 179 Å². The summed E-state index contributed by atoms with van der Waals surface area (Å²) in [7, 11) is 0. The van der Waals surface area contributed by atoms with Crippen molar-refractivity contribution in [1.29, 1.82) is 0 Å². The summed E-state index contributed by atoms with van der Waals surface area (Å²) in [6.07, 6.45) is 3.58. The Morgan fingerprint density at radius 2 is 2.06 bits per heavy atom. The van der Waals surface area contributed by atoms with Gasteiger partial charge in [0, 0.05) is 12.0 Å². The first-order valence-electron chi connectivity index (χ1n) is 10.3. The van der Waals surface area contributed by atoms with E-state index in [4.69, 9.17) is 4.74 Å². The summed E-state index contributed by atoms with van der Waals surface area (Å²) in [5, 5.41) is 20.0. The molecular weight excluding hydrogens is 394 g/mol. The minimum absolute atomic E-state index is 0.244. The van der Waals surface area contributed by atoms with Crippen LogP contribution >= 0.6 is 0 Å². The summed E-state index contributed by atoms with van der Waals surface area (Å²) >= 11 is 0. The van der Waals surface area contributed by atoms with Gasteiger partial charge in [-0.05, 0) is 35.9 Å². The number of carbonyl (C=O) groups is 1. The Balaban J connectivity index is 1.53. The number of ether oxygens (including phenoxy) is 1. The lowest BCUT2D eigenvalue weighted by Crippen LogP contribution is -2.26. The first-order valence-corrected chi connectivity index (χ1v) is 10.3. The van der Waals surface area contributed by atoms with Gasteiger partial charge in [0.1, 0.15) is 0 Å². The van der Waals surface area contributed by atoms with Crippen molar-refractivity contribution in [2.24, 2.45) is 5.10 Å². The molecule has 2 aliphatic rings. The molecule has 5 rings (SSSR count). The quantitative estimate of drug-likeness (QED) is 0.587. The highest BCUT2D eigenvalue weighted by Gasteiger charge is 2.18. The minimum atomic E-state index is -0.672. The Hall–Kier alpha value is -3.65. The number of imidazole rings is 1. The number of carbonyl (C=O) groups excluding carboxylic acids is 1. The Morgan fingerprint density at radius 3 is 3.00 bits per heavy atom. The molecule has 4 bridgehead atoms. The Morgan fingerprint density at radius 1 is 1.16 bits per heavy atom. The number of hydrazone groups is 1. The van der Waals surface area contributed by atoms with E-state index in [2.05, 4.69) is 15.4 Å². The maximum atomic E-state index is 13.0. The summed E-state index contributed by atoms with van der Waals surface area (Å²) in [5.41, 5.74) is 3.12. The van der Waals surface area contributed by atoms with E-state index >= 15 is 0 Å². The van der Waals surface area contributed by atoms with E-state index in [1.165, 1.54) is 0 Å². The predicted octanol–water partition coefficient (Wildman–Crippen LogP) is 2.76. The zero-order valence-corrected chi connectivity index (χ0v) is 16.9. The summed E-state index contributed by atoms with van der Waals surface area (Å²) in [6.45, 7) is 1.84. The highest BCUT2D eigenvalue weighted by atomic mass is 16.5. The van der Waals surface area contributed by atoms with Crippen LogP contribution in [0, 0.1) is 0 Å². The molecule has 3 heterocycles. The number of benzene rings is 2. The number of hydrogen-bond acceptors (Lipinski definition) is 6. The normalized spacial score (nSPS) is 19.4. The molecule has 31 heavy (non-hydrogen) atoms. The van der Waals surface area contributed by atoms with E-state index in [9.17, 15) is 9.90 Å². The van der Waals surface area contributed by atoms with Gasteiger partial charge in [0.2, 0.25) is 11.8 Å². The van der Waals surface area contributed by atoms with Crippen molar-refractivity contribution < 1.29 is 14.6 Å². The SMILES string of the molecule is O=C1Nc2nc3ccccc3n2CC(O)CCOC2=NN(CC=C2)Cc2cccc1c2. The smallest absolute Gasteiger partial charge is 0.257 e. The van der Waals surface area contributed by atoms with Crippen LogP contribution in [0.1, 0.15) is 22.3 Å². The predicted molar refractivity (Wildman–Crippen MR) is 118 cm³/mol. The lowest BCUT2D eigenvalue weighted by Gasteiger charge is -2.22. The van der Waals surface area contributed by atoms with Crippen LogP contribution in [0.4, 0.5) is 5.95 Å². The van der Waals surface area contributed by atoms with Gasteiger partial charge in [-0.1, -0.05) is 30.3 Å². The number of nitrogens with one attached hydrogen (secondary N) is 1. The number of fused-ring (bicyclic) bond motifs is 6. The zero-order chi connectivity index (χ0) is 21.2. The van der Waals surface area contributed by atoms with Crippen molar-refractivity contribution in [2.45, 2.75) is 25.6 Å². The van der Waals surface area contributed by atoms with E-state index in [-0.39, 0.29) is 12.5 Å². The molecule has 8 heteroatoms. The second-order valence-corrected chi connectivity index (χ2v) is 7.67. The highest BCUT2D eigenvalue weighted by Crippen LogP contribution is 2.22. The van der Waals surface area contributed by atoms with Crippen molar-refractivity contribution in [3.8, 4) is 0 Å². The van der Waals surface area contributed by atoms with Crippen LogP contribution in [-0.2, 0) is 17.8 Å². The van der Waals surface area contributed by atoms with Crippen LogP contribution in [0.5, 0.6) is 0 Å². The molecule has 1 amide bonds. The fourth-order valence-corrected chi connectivity index (χ4v) is 3.82. The van der Waals surface area contributed by atoms with Crippen LogP contribution in [0.3, 0.4) is 0 Å². The van der Waals surface area contributed by atoms with Gasteiger partial charge in [-0.25, -0.2) is 4.98 Å². The number of aliphatic hydroxyl groups excluding tert-OH is 1. The molecule has 3 aromatic rings. The van der Waals surface area contributed by atoms with Gasteiger partial charge in [-0.15, -0.1) is 5.10 Å². The fraction of sp³-hybridized carbons (Fsp3) is 0.261. The van der Waals surface area contributed by atoms with E-state index in [0.29, 0.717) is 43.5 Å². The first kappa shape index (κ1) is 19.3. The Kier molecular flexibility index (Phi) is 5.13. The van der Waals surface area contributed by atoms with Gasteiger partial charge in [-0.3, -0.25) is 15.1 Å². The van der Waals surface area contributed by atoms with Gasteiger partial charge in [0.05, 0.1) is 43.4 Å². The molecular formula is C23H23N5O3. The van der Waals surface area contributed by atoms with E-state index in [0.717, 1.165) is 16.6 Å². The third-order valence-electron chi connectivity index (χ3n) is 5.35. The third kappa shape index (κ3) is 4.15. The topological polar surface area (TPSA) is 92.0 Å².